The first kappa shape index (κ1) is 29.2. The molecule has 1 rings (SSSR count). The molecule has 0 bridgehead atoms. The predicted octanol–water partition coefficient (Wildman–Crippen LogP) is 5.60. The van der Waals surface area contributed by atoms with Crippen LogP contribution in [-0.2, 0) is 23.6 Å². The number of hydrogen-bond donors (Lipinski definition) is 1. The van der Waals surface area contributed by atoms with Crippen molar-refractivity contribution in [3.8, 4) is 0 Å². The Hall–Kier alpha value is -0.831. The average Bonchev–Trinajstić information content (AvgIpc) is 2.84. The van der Waals surface area contributed by atoms with Crippen LogP contribution in [0.2, 0.25) is 4.44 Å². The summed E-state index contributed by atoms with van der Waals surface area (Å²) in [5.74, 6) is -2.10. The molecule has 0 spiro atoms. The average molecular weight is 563 g/mol. The van der Waals surface area contributed by atoms with E-state index in [2.05, 4.69) is 13.8 Å². The van der Waals surface area contributed by atoms with Crippen LogP contribution in [0.25, 0.3) is 0 Å². The van der Waals surface area contributed by atoms with E-state index in [1.54, 1.807) is 0 Å². The molecular weight excluding hydrogens is 519 g/mol. The van der Waals surface area contributed by atoms with Gasteiger partial charge in [-0.25, -0.2) is 0 Å². The van der Waals surface area contributed by atoms with E-state index in [0.29, 0.717) is 12.8 Å². The summed E-state index contributed by atoms with van der Waals surface area (Å²) in [6.07, 6.45) is 14.5. The molecule has 0 aromatic heterocycles. The minimum atomic E-state index is -4.74. The van der Waals surface area contributed by atoms with Gasteiger partial charge in [0.25, 0.3) is 0 Å². The van der Waals surface area contributed by atoms with Crippen LogP contribution in [0.3, 0.4) is 0 Å². The third-order valence-corrected chi connectivity index (χ3v) is 13.0. The van der Waals surface area contributed by atoms with Crippen LogP contribution < -0.4 is 0 Å². The van der Waals surface area contributed by atoms with Gasteiger partial charge in [0.15, 0.2) is 0 Å². The molecule has 32 heavy (non-hydrogen) atoms. The van der Waals surface area contributed by atoms with Gasteiger partial charge in [0, 0.05) is 0 Å². The Labute approximate surface area is 199 Å². The third-order valence-electron chi connectivity index (χ3n) is 5.75. The molecule has 8 heteroatoms. The molecule has 7 nitrogen and oxygen atoms in total. The summed E-state index contributed by atoms with van der Waals surface area (Å²) < 4.78 is 16.8. The fourth-order valence-electron chi connectivity index (χ4n) is 3.82. The topological polar surface area (TPSA) is 99.1 Å². The molecule has 2 unspecified atom stereocenters. The Morgan fingerprint density at radius 1 is 0.844 bits per heavy atom. The first-order valence-electron chi connectivity index (χ1n) is 12.8. The molecule has 186 valence electrons. The predicted molar refractivity (Wildman–Crippen MR) is 125 cm³/mol. The van der Waals surface area contributed by atoms with Crippen molar-refractivity contribution in [2.75, 3.05) is 0 Å². The van der Waals surface area contributed by atoms with Crippen LogP contribution in [0.5, 0.6) is 0 Å². The van der Waals surface area contributed by atoms with Crippen LogP contribution in [0, 0.1) is 0 Å². The van der Waals surface area contributed by atoms with Crippen molar-refractivity contribution in [2.45, 2.75) is 134 Å². The van der Waals surface area contributed by atoms with Gasteiger partial charge in [-0.05, 0) is 0 Å². The third kappa shape index (κ3) is 13.0. The van der Waals surface area contributed by atoms with Crippen molar-refractivity contribution in [3.63, 3.8) is 0 Å². The second kappa shape index (κ2) is 17.6. The molecule has 1 fully saturated rings. The Morgan fingerprint density at radius 3 is 1.91 bits per heavy atom. The number of carbonyl (C=O) groups excluding carboxylic acids is 3. The van der Waals surface area contributed by atoms with Crippen molar-refractivity contribution >= 4 is 37.5 Å². The van der Waals surface area contributed by atoms with Gasteiger partial charge in [0.05, 0.1) is 0 Å². The van der Waals surface area contributed by atoms with E-state index in [1.165, 1.54) is 38.5 Å². The monoisotopic (exact) mass is 564 g/mol. The zero-order chi connectivity index (χ0) is 23.7. The Morgan fingerprint density at radius 2 is 1.34 bits per heavy atom. The van der Waals surface area contributed by atoms with Gasteiger partial charge >= 0.3 is 193 Å². The van der Waals surface area contributed by atoms with Gasteiger partial charge in [0.2, 0.25) is 0 Å². The maximum atomic E-state index is 12.5. The van der Waals surface area contributed by atoms with Crippen molar-refractivity contribution in [3.05, 3.63) is 0 Å². The van der Waals surface area contributed by atoms with Crippen LogP contribution in [-0.4, -0.2) is 48.7 Å². The summed E-state index contributed by atoms with van der Waals surface area (Å²) in [6, 6.07) is 0. The number of carbonyl (C=O) groups is 3. The summed E-state index contributed by atoms with van der Waals surface area (Å²) >= 11 is -4.74. The summed E-state index contributed by atoms with van der Waals surface area (Å²) in [6.45, 7) is 4.36. The molecule has 0 aliphatic carbocycles. The first-order chi connectivity index (χ1) is 15.4. The van der Waals surface area contributed by atoms with Gasteiger partial charge in [-0.3, -0.25) is 0 Å². The van der Waals surface area contributed by atoms with Gasteiger partial charge in [-0.2, -0.15) is 0 Å². The summed E-state index contributed by atoms with van der Waals surface area (Å²) in [5, 5.41) is 9.77. The molecule has 1 aliphatic heterocycles. The Balaban J connectivity index is 2.47. The quantitative estimate of drug-likeness (QED) is 0.171. The molecule has 0 aromatic rings. The molecule has 2 atom stereocenters. The van der Waals surface area contributed by atoms with E-state index in [-0.39, 0.29) is 10.9 Å². The SMILES string of the molecule is CCCCCCCCCCCC(=O)[O][Sn]1([CH2]CCCCCCC)[O]C(=O)CC(O)C(=O)[O]1. The molecular formula is C24H44O7Sn. The van der Waals surface area contributed by atoms with E-state index in [9.17, 15) is 19.5 Å². The summed E-state index contributed by atoms with van der Waals surface area (Å²) in [5.41, 5.74) is 0. The summed E-state index contributed by atoms with van der Waals surface area (Å²) in [7, 11) is 0. The van der Waals surface area contributed by atoms with Gasteiger partial charge in [0.1, 0.15) is 0 Å². The number of aliphatic hydroxyl groups is 1. The van der Waals surface area contributed by atoms with Gasteiger partial charge in [-0.1, -0.05) is 6.92 Å². The zero-order valence-corrected chi connectivity index (χ0v) is 23.1. The zero-order valence-electron chi connectivity index (χ0n) is 20.2. The second-order valence-corrected chi connectivity index (χ2v) is 15.9. The molecule has 1 heterocycles. The second-order valence-electron chi connectivity index (χ2n) is 8.87. The van der Waals surface area contributed by atoms with E-state index in [0.717, 1.165) is 44.9 Å². The first-order valence-corrected chi connectivity index (χ1v) is 18.3. The van der Waals surface area contributed by atoms with E-state index >= 15 is 0 Å². The fourth-order valence-corrected chi connectivity index (χ4v) is 10.8. The van der Waals surface area contributed by atoms with E-state index in [1.807, 2.05) is 0 Å². The van der Waals surface area contributed by atoms with Crippen LogP contribution in [0.4, 0.5) is 0 Å². The summed E-state index contributed by atoms with van der Waals surface area (Å²) in [4.78, 5) is 36.7. The van der Waals surface area contributed by atoms with Crippen molar-refractivity contribution in [2.24, 2.45) is 0 Å². The normalized spacial score (nSPS) is 21.0. The van der Waals surface area contributed by atoms with Crippen molar-refractivity contribution < 1.29 is 28.7 Å². The van der Waals surface area contributed by atoms with Crippen LogP contribution in [0.15, 0.2) is 0 Å². The minimum absolute atomic E-state index is 0.225. The molecule has 1 aliphatic rings. The van der Waals surface area contributed by atoms with Gasteiger partial charge in [-0.15, -0.1) is 0 Å². The molecule has 1 N–H and O–H groups in total. The molecule has 1 saturated heterocycles. The van der Waals surface area contributed by atoms with Crippen molar-refractivity contribution in [1.82, 2.24) is 0 Å². The Kier molecular flexibility index (Phi) is 16.1. The standard InChI is InChI=1S/C12H24O2.C8H17.C4H6O5.Sn/c1-2-3-4-5-6-7-8-9-10-11-12(13)14;1-3-5-7-8-6-4-2;5-2(4(8)9)1-3(6)7;/h2-11H2,1H3,(H,13,14);1,3-8H2,2H3;2,5H,1H2,(H,6,7)(H,8,9);/q;;;+3/p-3. The Bertz CT molecular complexity index is 554. The maximum absolute atomic E-state index is 12.5. The molecule has 0 radical (unpaired) electrons. The fraction of sp³-hybridized carbons (Fsp3) is 0.875. The number of rotatable bonds is 18. The van der Waals surface area contributed by atoms with Crippen molar-refractivity contribution in [1.29, 1.82) is 0 Å². The van der Waals surface area contributed by atoms with Crippen LogP contribution in [0.1, 0.15) is 123 Å². The number of aliphatic hydroxyl groups excluding tert-OH is 1. The number of unbranched alkanes of at least 4 members (excludes halogenated alkanes) is 13. The van der Waals surface area contributed by atoms with E-state index in [4.69, 9.17) is 9.22 Å². The molecule has 0 amide bonds. The molecule has 0 aromatic carbocycles. The number of hydrogen-bond acceptors (Lipinski definition) is 7. The molecule has 0 saturated carbocycles. The van der Waals surface area contributed by atoms with Gasteiger partial charge < -0.3 is 0 Å². The van der Waals surface area contributed by atoms with Crippen LogP contribution >= 0.6 is 0 Å². The van der Waals surface area contributed by atoms with E-state index < -0.39 is 50.1 Å².